The van der Waals surface area contributed by atoms with E-state index in [1.807, 2.05) is 41.9 Å². The van der Waals surface area contributed by atoms with Gasteiger partial charge in [-0.3, -0.25) is 9.69 Å². The number of aryl methyl sites for hydroxylation is 1. The Hall–Kier alpha value is -3.22. The molecule has 2 aromatic carbocycles. The van der Waals surface area contributed by atoms with Crippen LogP contribution in [0, 0.1) is 13.8 Å². The van der Waals surface area contributed by atoms with Crippen LogP contribution in [0.4, 0.5) is 0 Å². The molecule has 6 nitrogen and oxygen atoms in total. The van der Waals surface area contributed by atoms with Crippen LogP contribution in [0.3, 0.4) is 0 Å². The van der Waals surface area contributed by atoms with Gasteiger partial charge >= 0.3 is 0 Å². The molecule has 1 N–H and O–H groups in total. The van der Waals surface area contributed by atoms with Crippen molar-refractivity contribution in [1.82, 2.24) is 24.6 Å². The molecule has 5 rings (SSSR count). The highest BCUT2D eigenvalue weighted by atomic mass is 35.5. The molecule has 0 spiro atoms. The van der Waals surface area contributed by atoms with Gasteiger partial charge in [-0.05, 0) is 50.2 Å². The number of fused-ring (bicyclic) bond motifs is 1. The monoisotopic (exact) mass is 445 g/mol. The van der Waals surface area contributed by atoms with Crippen molar-refractivity contribution in [2.24, 2.45) is 0 Å². The lowest BCUT2D eigenvalue weighted by molar-refractivity contribution is 0.241. The lowest BCUT2D eigenvalue weighted by atomic mass is 10.0. The minimum Gasteiger partial charge on any atom is -0.306 e. The molecular weight excluding hydrogens is 422 g/mol. The van der Waals surface area contributed by atoms with E-state index in [2.05, 4.69) is 28.9 Å². The van der Waals surface area contributed by atoms with E-state index in [1.54, 1.807) is 12.1 Å². The smallest absolute Gasteiger partial charge is 0.255 e. The number of nitrogens with zero attached hydrogens (tertiary/aromatic N) is 4. The van der Waals surface area contributed by atoms with Crippen LogP contribution in [-0.2, 0) is 19.5 Å². The quantitative estimate of drug-likeness (QED) is 0.504. The fourth-order valence-corrected chi connectivity index (χ4v) is 4.43. The zero-order chi connectivity index (χ0) is 22.2. The maximum atomic E-state index is 12.9. The Bertz CT molecular complexity index is 1330. The Morgan fingerprint density at radius 3 is 2.56 bits per heavy atom. The normalized spacial score (nSPS) is 13.8. The van der Waals surface area contributed by atoms with Gasteiger partial charge in [0.1, 0.15) is 5.82 Å². The van der Waals surface area contributed by atoms with Gasteiger partial charge in [0.25, 0.3) is 5.56 Å². The van der Waals surface area contributed by atoms with Gasteiger partial charge in [0.2, 0.25) is 0 Å². The predicted molar refractivity (Wildman–Crippen MR) is 126 cm³/mol. The van der Waals surface area contributed by atoms with Gasteiger partial charge in [0.15, 0.2) is 0 Å². The Balaban J connectivity index is 1.39. The first-order valence-corrected chi connectivity index (χ1v) is 11.1. The number of nitrogens with one attached hydrogen (secondary N) is 1. The Kier molecular flexibility index (Phi) is 5.41. The van der Waals surface area contributed by atoms with Gasteiger partial charge < -0.3 is 4.98 Å². The number of hydrogen-bond acceptors (Lipinski definition) is 4. The lowest BCUT2D eigenvalue weighted by Gasteiger charge is -2.27. The van der Waals surface area contributed by atoms with E-state index in [0.717, 1.165) is 53.4 Å². The molecule has 1 aliphatic rings. The molecule has 4 aromatic rings. The molecule has 1 aliphatic heterocycles. The van der Waals surface area contributed by atoms with Crippen LogP contribution in [0.2, 0.25) is 5.02 Å². The van der Waals surface area contributed by atoms with E-state index in [0.29, 0.717) is 17.4 Å². The van der Waals surface area contributed by atoms with Crippen molar-refractivity contribution in [1.29, 1.82) is 0 Å². The molecule has 162 valence electrons. The second kappa shape index (κ2) is 8.37. The fourth-order valence-electron chi connectivity index (χ4n) is 4.31. The highest BCUT2D eigenvalue weighted by molar-refractivity contribution is 6.30. The number of benzene rings is 2. The number of halogens is 1. The number of hydrogen-bond donors (Lipinski definition) is 1. The largest absolute Gasteiger partial charge is 0.306 e. The molecular formula is C25H24ClN5O. The summed E-state index contributed by atoms with van der Waals surface area (Å²) in [7, 11) is 0. The molecule has 3 heterocycles. The zero-order valence-electron chi connectivity index (χ0n) is 18.1. The number of para-hydroxylation sites is 1. The summed E-state index contributed by atoms with van der Waals surface area (Å²) in [6.45, 7) is 6.33. The van der Waals surface area contributed by atoms with Crippen LogP contribution in [0.25, 0.3) is 17.1 Å². The molecule has 0 amide bonds. The van der Waals surface area contributed by atoms with E-state index >= 15 is 0 Å². The van der Waals surface area contributed by atoms with Gasteiger partial charge in [-0.15, -0.1) is 0 Å². The van der Waals surface area contributed by atoms with Crippen molar-refractivity contribution in [2.75, 3.05) is 6.54 Å². The average molecular weight is 446 g/mol. The number of rotatable bonds is 4. The summed E-state index contributed by atoms with van der Waals surface area (Å²) in [4.78, 5) is 22.9. The summed E-state index contributed by atoms with van der Waals surface area (Å²) in [6, 6.07) is 17.5. The average Bonchev–Trinajstić information content (AvgIpc) is 3.09. The second-order valence-electron chi connectivity index (χ2n) is 8.20. The highest BCUT2D eigenvalue weighted by Gasteiger charge is 2.24. The minimum atomic E-state index is -0.0712. The second-order valence-corrected chi connectivity index (χ2v) is 8.64. The summed E-state index contributed by atoms with van der Waals surface area (Å²) in [5.74, 6) is 0.592. The first kappa shape index (κ1) is 20.7. The SMILES string of the molecule is Cc1nn(-c2ccccc2)c(C)c1CN1CCc2nc(-c3ccc(Cl)cc3)[nH]c(=O)c2C1. The summed E-state index contributed by atoms with van der Waals surface area (Å²) >= 11 is 5.98. The molecule has 2 aromatic heterocycles. The van der Waals surface area contributed by atoms with E-state index in [1.165, 1.54) is 5.56 Å². The van der Waals surface area contributed by atoms with E-state index < -0.39 is 0 Å². The van der Waals surface area contributed by atoms with E-state index in [9.17, 15) is 4.79 Å². The molecule has 0 unspecified atom stereocenters. The van der Waals surface area contributed by atoms with Crippen molar-refractivity contribution in [3.8, 4) is 17.1 Å². The van der Waals surface area contributed by atoms with Crippen LogP contribution < -0.4 is 5.56 Å². The van der Waals surface area contributed by atoms with Crippen LogP contribution in [0.15, 0.2) is 59.4 Å². The van der Waals surface area contributed by atoms with Crippen LogP contribution >= 0.6 is 11.6 Å². The fraction of sp³-hybridized carbons (Fsp3) is 0.240. The van der Waals surface area contributed by atoms with Gasteiger partial charge in [-0.2, -0.15) is 5.10 Å². The first-order chi connectivity index (χ1) is 15.5. The Labute approximate surface area is 191 Å². The van der Waals surface area contributed by atoms with Crippen molar-refractivity contribution < 1.29 is 0 Å². The Morgan fingerprint density at radius 1 is 1.06 bits per heavy atom. The topological polar surface area (TPSA) is 66.8 Å². The molecule has 0 atom stereocenters. The highest BCUT2D eigenvalue weighted by Crippen LogP contribution is 2.24. The number of aromatic amines is 1. The summed E-state index contributed by atoms with van der Waals surface area (Å²) < 4.78 is 2.00. The van der Waals surface area contributed by atoms with Crippen LogP contribution in [-0.4, -0.2) is 31.2 Å². The van der Waals surface area contributed by atoms with Crippen molar-refractivity contribution in [3.63, 3.8) is 0 Å². The first-order valence-electron chi connectivity index (χ1n) is 10.7. The van der Waals surface area contributed by atoms with Crippen molar-refractivity contribution in [3.05, 3.63) is 98.2 Å². The molecule has 0 saturated carbocycles. The lowest BCUT2D eigenvalue weighted by Crippen LogP contribution is -2.35. The summed E-state index contributed by atoms with van der Waals surface area (Å²) in [6.07, 6.45) is 0.741. The molecule has 0 fully saturated rings. The van der Waals surface area contributed by atoms with E-state index in [4.69, 9.17) is 21.7 Å². The molecule has 0 bridgehead atoms. The molecule has 0 radical (unpaired) electrons. The third-order valence-electron chi connectivity index (χ3n) is 6.09. The maximum absolute atomic E-state index is 12.9. The number of H-pyrrole nitrogens is 1. The van der Waals surface area contributed by atoms with Crippen LogP contribution in [0.5, 0.6) is 0 Å². The summed E-state index contributed by atoms with van der Waals surface area (Å²) in [5, 5.41) is 5.42. The van der Waals surface area contributed by atoms with Gasteiger partial charge in [0, 0.05) is 47.9 Å². The molecule has 7 heteroatoms. The zero-order valence-corrected chi connectivity index (χ0v) is 18.9. The van der Waals surface area contributed by atoms with Crippen molar-refractivity contribution in [2.45, 2.75) is 33.4 Å². The standard InChI is InChI=1S/C25H24ClN5O/c1-16-21(17(2)31(29-16)20-6-4-3-5-7-20)14-30-13-12-23-22(15-30)25(32)28-24(27-23)18-8-10-19(26)11-9-18/h3-11H,12-15H2,1-2H3,(H,27,28,32). The molecule has 0 saturated heterocycles. The van der Waals surface area contributed by atoms with Crippen LogP contribution in [0.1, 0.15) is 28.2 Å². The summed E-state index contributed by atoms with van der Waals surface area (Å²) in [5.41, 5.74) is 6.82. The molecule has 0 aliphatic carbocycles. The maximum Gasteiger partial charge on any atom is 0.255 e. The third-order valence-corrected chi connectivity index (χ3v) is 6.34. The molecule has 32 heavy (non-hydrogen) atoms. The van der Waals surface area contributed by atoms with Gasteiger partial charge in [0.05, 0.1) is 22.6 Å². The van der Waals surface area contributed by atoms with Crippen molar-refractivity contribution >= 4 is 11.6 Å². The van der Waals surface area contributed by atoms with Gasteiger partial charge in [-0.25, -0.2) is 9.67 Å². The van der Waals surface area contributed by atoms with Gasteiger partial charge in [-0.1, -0.05) is 29.8 Å². The predicted octanol–water partition coefficient (Wildman–Crippen LogP) is 4.45. The minimum absolute atomic E-state index is 0.0712. The van der Waals surface area contributed by atoms with E-state index in [-0.39, 0.29) is 5.56 Å². The number of aromatic nitrogens is 4. The third kappa shape index (κ3) is 3.87. The Morgan fingerprint density at radius 2 is 1.81 bits per heavy atom.